The Bertz CT molecular complexity index is 1460. The van der Waals surface area contributed by atoms with Crippen molar-refractivity contribution in [1.82, 2.24) is 0 Å². The number of hydrogen-bond acceptors (Lipinski definition) is 1. The lowest BCUT2D eigenvalue weighted by Crippen LogP contribution is -1.96. The largest absolute Gasteiger partial charge is 0.300 e. The summed E-state index contributed by atoms with van der Waals surface area (Å²) in [4.78, 5) is 0. The topological polar surface area (TPSA) is 23.9 Å². The minimum Gasteiger partial charge on any atom is -0.300 e. The molecule has 0 heterocycles. The first kappa shape index (κ1) is 19.0. The summed E-state index contributed by atoms with van der Waals surface area (Å²) >= 11 is 0. The Morgan fingerprint density at radius 2 is 1.16 bits per heavy atom. The normalized spacial score (nSPS) is 11.7. The van der Waals surface area contributed by atoms with Crippen LogP contribution in [0, 0.1) is 5.41 Å². The predicted molar refractivity (Wildman–Crippen MR) is 134 cm³/mol. The molecule has 5 aromatic carbocycles. The Kier molecular flexibility index (Phi) is 4.93. The molecule has 31 heavy (non-hydrogen) atoms. The molecule has 0 spiro atoms. The smallest absolute Gasteiger partial charge is 0.0615 e. The summed E-state index contributed by atoms with van der Waals surface area (Å²) in [5.41, 5.74) is 5.98. The van der Waals surface area contributed by atoms with Crippen molar-refractivity contribution in [2.45, 2.75) is 6.92 Å². The van der Waals surface area contributed by atoms with E-state index in [0.29, 0.717) is 5.71 Å². The van der Waals surface area contributed by atoms with Crippen LogP contribution in [-0.4, -0.2) is 5.71 Å². The predicted octanol–water partition coefficient (Wildman–Crippen LogP) is 8.13. The fraction of sp³-hybridized carbons (Fsp3) is 0.0333. The monoisotopic (exact) mass is 397 g/mol. The molecule has 0 aromatic heterocycles. The van der Waals surface area contributed by atoms with Gasteiger partial charge in [0.05, 0.1) is 5.71 Å². The highest BCUT2D eigenvalue weighted by molar-refractivity contribution is 6.11. The summed E-state index contributed by atoms with van der Waals surface area (Å²) in [6, 6.07) is 38.0. The van der Waals surface area contributed by atoms with E-state index in [-0.39, 0.29) is 0 Å². The van der Waals surface area contributed by atoms with Crippen molar-refractivity contribution in [1.29, 1.82) is 5.41 Å². The second kappa shape index (κ2) is 8.04. The summed E-state index contributed by atoms with van der Waals surface area (Å²) in [5, 5.41) is 13.6. The van der Waals surface area contributed by atoms with Crippen LogP contribution in [0.15, 0.2) is 115 Å². The maximum absolute atomic E-state index is 8.69. The van der Waals surface area contributed by atoms with Crippen LogP contribution in [-0.2, 0) is 0 Å². The van der Waals surface area contributed by atoms with Crippen molar-refractivity contribution in [3.63, 3.8) is 0 Å². The molecule has 148 valence electrons. The molecule has 1 heteroatoms. The zero-order valence-electron chi connectivity index (χ0n) is 17.5. The van der Waals surface area contributed by atoms with E-state index in [9.17, 15) is 0 Å². The van der Waals surface area contributed by atoms with Crippen molar-refractivity contribution < 1.29 is 0 Å². The van der Waals surface area contributed by atoms with Crippen molar-refractivity contribution in [3.8, 4) is 11.1 Å². The minimum absolute atomic E-state index is 0.522. The average molecular weight is 398 g/mol. The highest BCUT2D eigenvalue weighted by Gasteiger charge is 2.05. The minimum atomic E-state index is 0.522. The molecule has 0 amide bonds. The van der Waals surface area contributed by atoms with E-state index in [1.807, 2.05) is 18.2 Å². The first-order chi connectivity index (χ1) is 15.2. The lowest BCUT2D eigenvalue weighted by atomic mass is 9.96. The van der Waals surface area contributed by atoms with Crippen LogP contribution in [0.2, 0.25) is 0 Å². The van der Waals surface area contributed by atoms with E-state index < -0.39 is 0 Å². The summed E-state index contributed by atoms with van der Waals surface area (Å²) in [5.74, 6) is 0. The van der Waals surface area contributed by atoms with Crippen LogP contribution in [0.3, 0.4) is 0 Å². The van der Waals surface area contributed by atoms with Gasteiger partial charge in [-0.1, -0.05) is 91.0 Å². The fourth-order valence-electron chi connectivity index (χ4n) is 4.05. The van der Waals surface area contributed by atoms with E-state index in [1.54, 1.807) is 0 Å². The molecule has 0 aliphatic carbocycles. The maximum Gasteiger partial charge on any atom is 0.0615 e. The first-order valence-corrected chi connectivity index (χ1v) is 10.5. The lowest BCUT2D eigenvalue weighted by molar-refractivity contribution is 1.48. The number of nitrogens with one attached hydrogen (secondary N) is 1. The van der Waals surface area contributed by atoms with E-state index in [2.05, 4.69) is 104 Å². The average Bonchev–Trinajstić information content (AvgIpc) is 2.83. The molecule has 0 saturated carbocycles. The molecule has 0 atom stereocenters. The lowest BCUT2D eigenvalue weighted by Gasteiger charge is -2.08. The van der Waals surface area contributed by atoms with Crippen molar-refractivity contribution in [2.75, 3.05) is 0 Å². The van der Waals surface area contributed by atoms with Gasteiger partial charge >= 0.3 is 0 Å². The van der Waals surface area contributed by atoms with Gasteiger partial charge in [-0.15, -0.1) is 0 Å². The van der Waals surface area contributed by atoms with E-state index in [4.69, 9.17) is 5.41 Å². The van der Waals surface area contributed by atoms with Crippen molar-refractivity contribution in [3.05, 3.63) is 126 Å². The van der Waals surface area contributed by atoms with Crippen LogP contribution in [0.25, 0.3) is 38.2 Å². The zero-order chi connectivity index (χ0) is 21.2. The van der Waals surface area contributed by atoms with Gasteiger partial charge in [0.25, 0.3) is 0 Å². The van der Waals surface area contributed by atoms with Crippen LogP contribution >= 0.6 is 0 Å². The molecule has 5 aromatic rings. The van der Waals surface area contributed by atoms with E-state index in [0.717, 1.165) is 22.3 Å². The Labute approximate surface area is 182 Å². The summed E-state index contributed by atoms with van der Waals surface area (Å²) in [7, 11) is 0. The van der Waals surface area contributed by atoms with Gasteiger partial charge in [0.1, 0.15) is 0 Å². The van der Waals surface area contributed by atoms with E-state index >= 15 is 0 Å². The van der Waals surface area contributed by atoms with Crippen LogP contribution in [0.1, 0.15) is 18.1 Å². The van der Waals surface area contributed by atoms with Gasteiger partial charge in [-0.05, 0) is 75.0 Å². The summed E-state index contributed by atoms with van der Waals surface area (Å²) < 4.78 is 0. The summed E-state index contributed by atoms with van der Waals surface area (Å²) in [6.07, 6.45) is 1.96. The van der Waals surface area contributed by atoms with E-state index in [1.165, 1.54) is 27.1 Å². The Hall–Kier alpha value is -3.97. The number of hydrogen-bond donors (Lipinski definition) is 1. The molecule has 1 N–H and O–H groups in total. The molecule has 0 unspecified atom stereocenters. The second-order valence-electron chi connectivity index (χ2n) is 7.95. The number of rotatable bonds is 4. The highest BCUT2D eigenvalue weighted by Crippen LogP contribution is 2.26. The van der Waals surface area contributed by atoms with Gasteiger partial charge in [-0.2, -0.15) is 0 Å². The van der Waals surface area contributed by atoms with Gasteiger partial charge < -0.3 is 5.41 Å². The molecular formula is C30H23N. The molecule has 0 fully saturated rings. The number of allylic oxidation sites excluding steroid dienone is 2. The molecule has 0 radical (unpaired) electrons. The van der Waals surface area contributed by atoms with Gasteiger partial charge in [0.15, 0.2) is 0 Å². The van der Waals surface area contributed by atoms with Gasteiger partial charge in [0, 0.05) is 5.56 Å². The third-order valence-electron chi connectivity index (χ3n) is 5.82. The molecule has 0 aliphatic rings. The van der Waals surface area contributed by atoms with Crippen LogP contribution in [0.5, 0.6) is 0 Å². The number of benzene rings is 5. The third-order valence-corrected chi connectivity index (χ3v) is 5.82. The van der Waals surface area contributed by atoms with Crippen molar-refractivity contribution >= 4 is 32.8 Å². The molecule has 1 nitrogen and oxygen atoms in total. The van der Waals surface area contributed by atoms with Crippen LogP contribution in [0.4, 0.5) is 0 Å². The molecule has 0 aliphatic heterocycles. The number of fused-ring (bicyclic) bond motifs is 2. The Morgan fingerprint density at radius 1 is 0.548 bits per heavy atom. The molecule has 5 rings (SSSR count). The third kappa shape index (κ3) is 3.91. The maximum atomic E-state index is 8.69. The Balaban J connectivity index is 1.46. The van der Waals surface area contributed by atoms with Crippen molar-refractivity contribution in [2.24, 2.45) is 0 Å². The molecular weight excluding hydrogens is 374 g/mol. The molecule has 0 bridgehead atoms. The van der Waals surface area contributed by atoms with Gasteiger partial charge in [-0.3, -0.25) is 0 Å². The first-order valence-electron chi connectivity index (χ1n) is 10.5. The standard InChI is InChI=1S/C30H23N/c1-21(24-15-13-22-7-2-4-9-25(22)18-24)17-30(31)29-12-6-11-27(20-29)28-16-14-23-8-3-5-10-26(23)19-28/h2-20,31H,1H3/b21-17-,31-30?. The van der Waals surface area contributed by atoms with Gasteiger partial charge in [-0.25, -0.2) is 0 Å². The second-order valence-corrected chi connectivity index (χ2v) is 7.95. The van der Waals surface area contributed by atoms with Crippen LogP contribution < -0.4 is 0 Å². The van der Waals surface area contributed by atoms with Gasteiger partial charge in [0.2, 0.25) is 0 Å². The fourth-order valence-corrected chi connectivity index (χ4v) is 4.05. The summed E-state index contributed by atoms with van der Waals surface area (Å²) in [6.45, 7) is 2.08. The Morgan fingerprint density at radius 3 is 1.90 bits per heavy atom. The molecule has 0 saturated heterocycles. The SMILES string of the molecule is C/C(=C/C(=N)c1cccc(-c2ccc3ccccc3c2)c1)c1ccc2ccccc2c1. The quantitative estimate of drug-likeness (QED) is 0.296. The zero-order valence-corrected chi connectivity index (χ0v) is 17.5. The highest BCUT2D eigenvalue weighted by atomic mass is 14.4.